The van der Waals surface area contributed by atoms with Crippen molar-refractivity contribution in [2.24, 2.45) is 34.5 Å². The van der Waals surface area contributed by atoms with E-state index in [1.807, 2.05) is 26.8 Å². The van der Waals surface area contributed by atoms with Gasteiger partial charge in [-0.3, -0.25) is 14.4 Å². The van der Waals surface area contributed by atoms with Gasteiger partial charge in [0.15, 0.2) is 11.4 Å². The van der Waals surface area contributed by atoms with E-state index >= 15 is 0 Å². The van der Waals surface area contributed by atoms with Gasteiger partial charge in [-0.15, -0.1) is 0 Å². The van der Waals surface area contributed by atoms with Crippen LogP contribution in [0.3, 0.4) is 0 Å². The lowest BCUT2D eigenvalue weighted by atomic mass is 9.46. The minimum Gasteiger partial charge on any atom is -0.450 e. The van der Waals surface area contributed by atoms with Crippen LogP contribution < -0.4 is 0 Å². The SMILES string of the molecule is CCCCC(=O)O[C@@]1(C(=O)CO)[C@H](C)C[C@H]2[C@H]3[C@H]([C@@H](O)C[C@@]21C)[C@@]1(C)C=CC(=O)C=C1C[C@H]3Br. The molecule has 7 heteroatoms. The standard InChI is InChI=1S/C27H37BrO6/c1-5-6-7-22(33)34-27(21(32)14-29)15(2)10-18-23-19(28)12-16-11-17(30)8-9-25(16,3)24(23)20(31)13-26(18,27)4/h8-9,11,15,18-20,23-24,29,31H,5-7,10,12-14H2,1-4H3/t15-,18+,19-,20+,23-,24+,25+,26+,27-/m1/s1. The molecule has 0 saturated heterocycles. The number of allylic oxidation sites excluding steroid dienone is 4. The Morgan fingerprint density at radius 1 is 1.29 bits per heavy atom. The monoisotopic (exact) mass is 536 g/mol. The Balaban J connectivity index is 1.79. The first-order chi connectivity index (χ1) is 16.0. The summed E-state index contributed by atoms with van der Waals surface area (Å²) in [6.45, 7) is 7.29. The van der Waals surface area contributed by atoms with E-state index in [1.165, 1.54) is 0 Å². The Morgan fingerprint density at radius 3 is 2.65 bits per heavy atom. The van der Waals surface area contributed by atoms with Crippen molar-refractivity contribution in [1.29, 1.82) is 0 Å². The summed E-state index contributed by atoms with van der Waals surface area (Å²) in [7, 11) is 0. The molecule has 34 heavy (non-hydrogen) atoms. The number of ether oxygens (including phenoxy) is 1. The van der Waals surface area contributed by atoms with E-state index in [-0.39, 0.29) is 40.7 Å². The number of halogens is 1. The first-order valence-electron chi connectivity index (χ1n) is 12.6. The second-order valence-corrected chi connectivity index (χ2v) is 12.5. The molecule has 4 aliphatic rings. The molecule has 0 aliphatic heterocycles. The molecule has 0 bridgehead atoms. The van der Waals surface area contributed by atoms with Gasteiger partial charge < -0.3 is 14.9 Å². The number of aliphatic hydroxyl groups excluding tert-OH is 2. The van der Waals surface area contributed by atoms with Gasteiger partial charge in [0.05, 0.1) is 6.10 Å². The van der Waals surface area contributed by atoms with Crippen molar-refractivity contribution in [1.82, 2.24) is 0 Å². The van der Waals surface area contributed by atoms with Gasteiger partial charge in [-0.1, -0.05) is 61.7 Å². The Bertz CT molecular complexity index is 941. The van der Waals surface area contributed by atoms with E-state index in [4.69, 9.17) is 4.74 Å². The number of carbonyl (C=O) groups is 3. The van der Waals surface area contributed by atoms with E-state index in [2.05, 4.69) is 22.9 Å². The smallest absolute Gasteiger partial charge is 0.306 e. The summed E-state index contributed by atoms with van der Waals surface area (Å²) in [4.78, 5) is 38.4. The Kier molecular flexibility index (Phi) is 6.80. The minimum absolute atomic E-state index is 0.000784. The van der Waals surface area contributed by atoms with Crippen LogP contribution >= 0.6 is 15.9 Å². The lowest BCUT2D eigenvalue weighted by Crippen LogP contribution is -2.65. The molecular weight excluding hydrogens is 500 g/mol. The van der Waals surface area contributed by atoms with E-state index in [9.17, 15) is 24.6 Å². The molecule has 0 amide bonds. The molecule has 2 N–H and O–H groups in total. The average Bonchev–Trinajstić information content (AvgIpc) is 2.99. The highest BCUT2D eigenvalue weighted by molar-refractivity contribution is 9.09. The zero-order chi connectivity index (χ0) is 25.1. The van der Waals surface area contributed by atoms with Gasteiger partial charge in [0.2, 0.25) is 5.78 Å². The lowest BCUT2D eigenvalue weighted by Gasteiger charge is -2.61. The van der Waals surface area contributed by atoms with Gasteiger partial charge in [-0.05, 0) is 49.7 Å². The number of esters is 1. The van der Waals surface area contributed by atoms with Gasteiger partial charge >= 0.3 is 5.97 Å². The molecule has 9 atom stereocenters. The number of hydrogen-bond acceptors (Lipinski definition) is 6. The van der Waals surface area contributed by atoms with Crippen molar-refractivity contribution < 1.29 is 29.3 Å². The van der Waals surface area contributed by atoms with Gasteiger partial charge in [-0.2, -0.15) is 0 Å². The quantitative estimate of drug-likeness (QED) is 0.394. The van der Waals surface area contributed by atoms with Gasteiger partial charge in [0.1, 0.15) is 6.61 Å². The number of alkyl halides is 1. The third-order valence-electron chi connectivity index (χ3n) is 9.59. The maximum Gasteiger partial charge on any atom is 0.306 e. The van der Waals surface area contributed by atoms with Gasteiger partial charge in [0, 0.05) is 33.9 Å². The number of unbranched alkanes of at least 4 members (excludes halogenated alkanes) is 1. The molecule has 6 nitrogen and oxygen atoms in total. The predicted molar refractivity (Wildman–Crippen MR) is 131 cm³/mol. The fourth-order valence-corrected chi connectivity index (χ4v) is 9.15. The highest BCUT2D eigenvalue weighted by atomic mass is 79.9. The van der Waals surface area contributed by atoms with Crippen molar-refractivity contribution >= 4 is 33.5 Å². The molecule has 0 spiro atoms. The first kappa shape index (κ1) is 25.8. The van der Waals surface area contributed by atoms with Crippen molar-refractivity contribution in [3.63, 3.8) is 0 Å². The summed E-state index contributed by atoms with van der Waals surface area (Å²) in [5, 5.41) is 21.7. The van der Waals surface area contributed by atoms with Crippen LogP contribution in [0.4, 0.5) is 0 Å². The first-order valence-corrected chi connectivity index (χ1v) is 13.5. The zero-order valence-electron chi connectivity index (χ0n) is 20.6. The minimum atomic E-state index is -1.47. The summed E-state index contributed by atoms with van der Waals surface area (Å²) in [5.74, 6) is -1.33. The molecule has 0 aromatic heterocycles. The van der Waals surface area contributed by atoms with E-state index in [0.717, 1.165) is 12.0 Å². The van der Waals surface area contributed by atoms with Crippen molar-refractivity contribution in [2.75, 3.05) is 6.61 Å². The lowest BCUT2D eigenvalue weighted by molar-refractivity contribution is -0.205. The normalized spacial score (nSPS) is 45.1. The Labute approximate surface area is 210 Å². The van der Waals surface area contributed by atoms with E-state index in [1.54, 1.807) is 12.2 Å². The van der Waals surface area contributed by atoms with Crippen LogP contribution in [-0.2, 0) is 19.1 Å². The van der Waals surface area contributed by atoms with Crippen molar-refractivity contribution in [3.8, 4) is 0 Å². The Hall–Kier alpha value is -1.31. The number of rotatable bonds is 6. The van der Waals surface area contributed by atoms with E-state index in [0.29, 0.717) is 25.7 Å². The fourth-order valence-electron chi connectivity index (χ4n) is 8.10. The molecule has 0 aromatic carbocycles. The topological polar surface area (TPSA) is 101 Å². The van der Waals surface area contributed by atoms with Gasteiger partial charge in [-0.25, -0.2) is 0 Å². The van der Waals surface area contributed by atoms with Crippen molar-refractivity contribution in [2.45, 2.75) is 82.8 Å². The Morgan fingerprint density at radius 2 is 2.00 bits per heavy atom. The number of carbonyl (C=O) groups excluding carboxylic acids is 3. The molecule has 0 unspecified atom stereocenters. The maximum absolute atomic E-state index is 13.4. The molecule has 3 fully saturated rings. The third kappa shape index (κ3) is 3.52. The zero-order valence-corrected chi connectivity index (χ0v) is 22.1. The molecule has 4 rings (SSSR count). The van der Waals surface area contributed by atoms with Crippen LogP contribution in [0.5, 0.6) is 0 Å². The number of Topliss-reactive ketones (excluding diaryl/α,β-unsaturated/α-hetero) is 1. The summed E-state index contributed by atoms with van der Waals surface area (Å²) in [5.41, 5.74) is -1.70. The number of hydrogen-bond donors (Lipinski definition) is 2. The molecule has 3 saturated carbocycles. The number of ketones is 2. The van der Waals surface area contributed by atoms with Crippen molar-refractivity contribution in [3.05, 3.63) is 23.8 Å². The molecule has 188 valence electrons. The van der Waals surface area contributed by atoms with Crippen LogP contribution in [0.1, 0.15) is 66.2 Å². The predicted octanol–water partition coefficient (Wildman–Crippen LogP) is 3.92. The summed E-state index contributed by atoms with van der Waals surface area (Å²) in [6, 6.07) is 0. The van der Waals surface area contributed by atoms with Crippen LogP contribution in [0.15, 0.2) is 23.8 Å². The summed E-state index contributed by atoms with van der Waals surface area (Å²) >= 11 is 3.89. The molecular formula is C27H37BrO6. The van der Waals surface area contributed by atoms with Crippen LogP contribution in [0.25, 0.3) is 0 Å². The molecule has 0 aromatic rings. The molecule has 0 heterocycles. The summed E-state index contributed by atoms with van der Waals surface area (Å²) < 4.78 is 6.10. The molecule has 4 aliphatic carbocycles. The van der Waals surface area contributed by atoms with Crippen LogP contribution in [-0.4, -0.2) is 50.9 Å². The highest BCUT2D eigenvalue weighted by Crippen LogP contribution is 2.69. The largest absolute Gasteiger partial charge is 0.450 e. The van der Waals surface area contributed by atoms with Crippen LogP contribution in [0.2, 0.25) is 0 Å². The second kappa shape index (κ2) is 8.97. The summed E-state index contributed by atoms with van der Waals surface area (Å²) in [6.07, 6.45) is 7.86. The fraction of sp³-hybridized carbons (Fsp3) is 0.741. The number of aliphatic hydroxyl groups is 2. The third-order valence-corrected chi connectivity index (χ3v) is 10.5. The average molecular weight is 537 g/mol. The molecule has 0 radical (unpaired) electrons. The van der Waals surface area contributed by atoms with Crippen LogP contribution in [0, 0.1) is 34.5 Å². The second-order valence-electron chi connectivity index (χ2n) is 11.3. The number of fused-ring (bicyclic) bond motifs is 5. The highest BCUT2D eigenvalue weighted by Gasteiger charge is 2.73. The van der Waals surface area contributed by atoms with E-state index < -0.39 is 40.9 Å². The maximum atomic E-state index is 13.4. The van der Waals surface area contributed by atoms with Gasteiger partial charge in [0.25, 0.3) is 0 Å².